The van der Waals surface area contributed by atoms with Gasteiger partial charge in [-0.25, -0.2) is 0 Å². The average molecular weight is 375 g/mol. The molecule has 1 aliphatic heterocycles. The maximum Gasteiger partial charge on any atom is 0.231 e. The van der Waals surface area contributed by atoms with E-state index in [9.17, 15) is 0 Å². The van der Waals surface area contributed by atoms with Gasteiger partial charge >= 0.3 is 0 Å². The van der Waals surface area contributed by atoms with Gasteiger partial charge in [0.05, 0.1) is 5.41 Å². The third-order valence-corrected chi connectivity index (χ3v) is 6.22. The monoisotopic (exact) mass is 374 g/mol. The molecule has 1 aromatic heterocycles. The van der Waals surface area contributed by atoms with Crippen LogP contribution < -0.4 is 9.47 Å². The molecule has 0 aliphatic carbocycles. The van der Waals surface area contributed by atoms with Crippen LogP contribution in [0.25, 0.3) is 11.1 Å². The second-order valence-electron chi connectivity index (χ2n) is 7.02. The summed E-state index contributed by atoms with van der Waals surface area (Å²) in [5.41, 5.74) is 3.42. The first-order valence-corrected chi connectivity index (χ1v) is 10.1. The van der Waals surface area contributed by atoms with Crippen LogP contribution in [0.5, 0.6) is 11.5 Å². The summed E-state index contributed by atoms with van der Waals surface area (Å²) in [5, 5.41) is 2.18. The Morgan fingerprint density at radius 2 is 1.89 bits per heavy atom. The molecule has 2 heterocycles. The summed E-state index contributed by atoms with van der Waals surface area (Å²) in [7, 11) is 0. The molecule has 1 unspecified atom stereocenters. The van der Waals surface area contributed by atoms with Crippen LogP contribution in [0.3, 0.4) is 0 Å². The number of hydrogen-bond donors (Lipinski definition) is 0. The molecule has 2 nitrogen and oxygen atoms in total. The fourth-order valence-electron chi connectivity index (χ4n) is 3.55. The molecular formula is C24H22O2S. The van der Waals surface area contributed by atoms with Crippen LogP contribution in [-0.4, -0.2) is 6.79 Å². The number of benzene rings is 2. The fourth-order valence-corrected chi connectivity index (χ4v) is 4.49. The summed E-state index contributed by atoms with van der Waals surface area (Å²) in [5.74, 6) is 4.61. The maximum absolute atomic E-state index is 5.95. The van der Waals surface area contributed by atoms with Gasteiger partial charge in [0.25, 0.3) is 0 Å². The van der Waals surface area contributed by atoms with Crippen LogP contribution in [0.2, 0.25) is 0 Å². The molecule has 1 atom stereocenters. The molecule has 27 heavy (non-hydrogen) atoms. The average Bonchev–Trinajstić information content (AvgIpc) is 3.37. The molecule has 3 aromatic rings. The standard InChI is InChI=1S/C24H22O2S/c1-3-24(2,19-11-12-21-22(16-19)26-17-25-21)14-7-10-23-20(13-15-27-23)18-8-5-4-6-9-18/h1,4-6,8-9,11-13,15-16H,7,10,14,17H2,2H3. The summed E-state index contributed by atoms with van der Waals surface area (Å²) in [6.07, 6.45) is 8.94. The number of terminal acetylenes is 1. The first-order chi connectivity index (χ1) is 13.2. The Bertz CT molecular complexity index is 968. The Hall–Kier alpha value is -2.70. The van der Waals surface area contributed by atoms with Crippen molar-refractivity contribution in [3.05, 3.63) is 70.4 Å². The Morgan fingerprint density at radius 1 is 1.07 bits per heavy atom. The highest BCUT2D eigenvalue weighted by molar-refractivity contribution is 7.10. The van der Waals surface area contributed by atoms with Crippen LogP contribution in [-0.2, 0) is 11.8 Å². The number of thiophene rings is 1. The predicted octanol–water partition coefficient (Wildman–Crippen LogP) is 6.06. The van der Waals surface area contributed by atoms with Gasteiger partial charge in [-0.1, -0.05) is 42.3 Å². The van der Waals surface area contributed by atoms with Gasteiger partial charge in [-0.15, -0.1) is 17.8 Å². The Kier molecular flexibility index (Phi) is 4.92. The van der Waals surface area contributed by atoms with Crippen LogP contribution >= 0.6 is 11.3 Å². The molecule has 0 radical (unpaired) electrons. The number of hydrogen-bond acceptors (Lipinski definition) is 3. The number of rotatable bonds is 6. The summed E-state index contributed by atoms with van der Waals surface area (Å²) in [6, 6.07) is 18.8. The van der Waals surface area contributed by atoms with Crippen molar-refractivity contribution in [2.24, 2.45) is 0 Å². The zero-order chi connectivity index (χ0) is 18.7. The summed E-state index contributed by atoms with van der Waals surface area (Å²) in [6.45, 7) is 2.42. The highest BCUT2D eigenvalue weighted by atomic mass is 32.1. The van der Waals surface area contributed by atoms with Gasteiger partial charge in [-0.05, 0) is 66.5 Å². The van der Waals surface area contributed by atoms with Crippen molar-refractivity contribution in [2.45, 2.75) is 31.6 Å². The molecule has 3 heteroatoms. The van der Waals surface area contributed by atoms with Gasteiger partial charge in [0.15, 0.2) is 11.5 Å². The molecule has 0 amide bonds. The van der Waals surface area contributed by atoms with Gasteiger partial charge in [-0.3, -0.25) is 0 Å². The largest absolute Gasteiger partial charge is 0.454 e. The van der Waals surface area contributed by atoms with Gasteiger partial charge in [0, 0.05) is 4.88 Å². The van der Waals surface area contributed by atoms with Crippen molar-refractivity contribution in [1.29, 1.82) is 0 Å². The second kappa shape index (κ2) is 7.50. The third kappa shape index (κ3) is 3.59. The zero-order valence-electron chi connectivity index (χ0n) is 15.4. The van der Waals surface area contributed by atoms with Crippen LogP contribution in [0.15, 0.2) is 60.0 Å². The van der Waals surface area contributed by atoms with Crippen LogP contribution in [0.1, 0.15) is 30.2 Å². The lowest BCUT2D eigenvalue weighted by atomic mass is 9.78. The predicted molar refractivity (Wildman–Crippen MR) is 111 cm³/mol. The summed E-state index contributed by atoms with van der Waals surface area (Å²) < 4.78 is 10.9. The SMILES string of the molecule is C#CC(C)(CCCc1sccc1-c1ccccc1)c1ccc2c(c1)OCO2. The fraction of sp³-hybridized carbons (Fsp3) is 0.250. The second-order valence-corrected chi connectivity index (χ2v) is 8.02. The molecule has 0 spiro atoms. The van der Waals surface area contributed by atoms with E-state index in [2.05, 4.69) is 60.7 Å². The van der Waals surface area contributed by atoms with E-state index < -0.39 is 0 Å². The van der Waals surface area contributed by atoms with E-state index in [4.69, 9.17) is 15.9 Å². The molecule has 0 bridgehead atoms. The van der Waals surface area contributed by atoms with Crippen molar-refractivity contribution in [1.82, 2.24) is 0 Å². The number of aryl methyl sites for hydroxylation is 1. The Morgan fingerprint density at radius 3 is 2.70 bits per heavy atom. The van der Waals surface area contributed by atoms with Crippen molar-refractivity contribution in [3.63, 3.8) is 0 Å². The molecule has 2 aromatic carbocycles. The van der Waals surface area contributed by atoms with E-state index in [1.54, 1.807) is 0 Å². The van der Waals surface area contributed by atoms with E-state index in [1.807, 2.05) is 23.5 Å². The number of ether oxygens (including phenoxy) is 2. The Balaban J connectivity index is 1.47. The summed E-state index contributed by atoms with van der Waals surface area (Å²) >= 11 is 1.83. The topological polar surface area (TPSA) is 18.5 Å². The van der Waals surface area contributed by atoms with Gasteiger partial charge in [-0.2, -0.15) is 0 Å². The summed E-state index contributed by atoms with van der Waals surface area (Å²) in [4.78, 5) is 1.42. The maximum atomic E-state index is 5.95. The van der Waals surface area contributed by atoms with E-state index in [1.165, 1.54) is 16.0 Å². The van der Waals surface area contributed by atoms with Gasteiger partial charge in [0.1, 0.15) is 0 Å². The molecule has 1 aliphatic rings. The molecule has 0 saturated carbocycles. The number of fused-ring (bicyclic) bond motifs is 1. The van der Waals surface area contributed by atoms with E-state index in [0.29, 0.717) is 0 Å². The highest BCUT2D eigenvalue weighted by Crippen LogP contribution is 2.38. The van der Waals surface area contributed by atoms with E-state index in [0.717, 1.165) is 36.3 Å². The smallest absolute Gasteiger partial charge is 0.231 e. The molecule has 0 saturated heterocycles. The quantitative estimate of drug-likeness (QED) is 0.488. The normalized spacial score (nSPS) is 14.5. The van der Waals surface area contributed by atoms with Crippen LogP contribution in [0.4, 0.5) is 0 Å². The highest BCUT2D eigenvalue weighted by Gasteiger charge is 2.26. The van der Waals surface area contributed by atoms with Crippen molar-refractivity contribution < 1.29 is 9.47 Å². The Labute approximate surface area is 164 Å². The lowest BCUT2D eigenvalue weighted by Crippen LogP contribution is -2.19. The lowest BCUT2D eigenvalue weighted by molar-refractivity contribution is 0.174. The van der Waals surface area contributed by atoms with E-state index >= 15 is 0 Å². The van der Waals surface area contributed by atoms with Crippen molar-refractivity contribution >= 4 is 11.3 Å². The zero-order valence-corrected chi connectivity index (χ0v) is 16.2. The van der Waals surface area contributed by atoms with E-state index in [-0.39, 0.29) is 12.2 Å². The lowest BCUT2D eigenvalue weighted by Gasteiger charge is -2.24. The first-order valence-electron chi connectivity index (χ1n) is 9.19. The van der Waals surface area contributed by atoms with Crippen LogP contribution in [0, 0.1) is 12.3 Å². The molecule has 136 valence electrons. The van der Waals surface area contributed by atoms with Crippen molar-refractivity contribution in [3.8, 4) is 35.0 Å². The minimum absolute atomic E-state index is 0.284. The van der Waals surface area contributed by atoms with Gasteiger partial charge < -0.3 is 9.47 Å². The third-order valence-electron chi connectivity index (χ3n) is 5.24. The molecule has 4 rings (SSSR count). The molecule has 0 fully saturated rings. The van der Waals surface area contributed by atoms with Crippen molar-refractivity contribution in [2.75, 3.05) is 6.79 Å². The minimum Gasteiger partial charge on any atom is -0.454 e. The van der Waals surface area contributed by atoms with Gasteiger partial charge in [0.2, 0.25) is 6.79 Å². The molecule has 0 N–H and O–H groups in total. The minimum atomic E-state index is -0.314. The molecular weight excluding hydrogens is 352 g/mol. The first kappa shape index (κ1) is 17.7.